The zero-order chi connectivity index (χ0) is 18.6. The quantitative estimate of drug-likeness (QED) is 0.522. The summed E-state index contributed by atoms with van der Waals surface area (Å²) in [5, 5.41) is 5.57. The van der Waals surface area contributed by atoms with Gasteiger partial charge in [-0.05, 0) is 59.1 Å². The molecule has 0 spiro atoms. The molecule has 1 N–H and O–H groups in total. The molecular weight excluding hydrogens is 352 g/mol. The predicted octanol–water partition coefficient (Wildman–Crippen LogP) is 4.71. The van der Waals surface area contributed by atoms with Crippen LogP contribution in [0.25, 0.3) is 16.8 Å². The molecule has 0 unspecified atom stereocenters. The number of carbonyl (C=O) groups is 1. The van der Waals surface area contributed by atoms with E-state index in [9.17, 15) is 4.79 Å². The second-order valence-electron chi connectivity index (χ2n) is 6.58. The van der Waals surface area contributed by atoms with Crippen LogP contribution in [0.3, 0.4) is 0 Å². The lowest BCUT2D eigenvalue weighted by molar-refractivity contribution is -0.115. The van der Waals surface area contributed by atoms with E-state index < -0.39 is 0 Å². The standard InChI is InChI=1S/C23H20N2OS/c26-22(15-14-18-10-5-9-17-7-1-3-12-20(17)18)24-23(27)25-16-6-11-19-8-2-4-13-21(19)25/h1-5,7-10,12-15H,6,11,16H2,(H,24,26,27)/b15-14+. The SMILES string of the molecule is O=C(/C=C/c1cccc2ccccc12)NC(=S)N1CCCc2ccccc21. The fraction of sp³-hybridized carbons (Fsp3) is 0.130. The van der Waals surface area contributed by atoms with E-state index in [1.165, 1.54) is 5.56 Å². The van der Waals surface area contributed by atoms with Gasteiger partial charge in [0.05, 0.1) is 0 Å². The zero-order valence-electron chi connectivity index (χ0n) is 14.9. The van der Waals surface area contributed by atoms with Crippen LogP contribution < -0.4 is 10.2 Å². The Morgan fingerprint density at radius 2 is 1.78 bits per heavy atom. The summed E-state index contributed by atoms with van der Waals surface area (Å²) in [6.45, 7) is 0.823. The number of thiocarbonyl (C=S) groups is 1. The number of hydrogen-bond donors (Lipinski definition) is 1. The van der Waals surface area contributed by atoms with E-state index in [1.54, 1.807) is 6.08 Å². The van der Waals surface area contributed by atoms with Crippen LogP contribution in [-0.2, 0) is 11.2 Å². The molecule has 3 aromatic rings. The Morgan fingerprint density at radius 3 is 2.70 bits per heavy atom. The second kappa shape index (κ2) is 7.72. The number of nitrogens with one attached hydrogen (secondary N) is 1. The number of nitrogens with zero attached hydrogens (tertiary/aromatic N) is 1. The first-order chi connectivity index (χ1) is 13.2. The summed E-state index contributed by atoms with van der Waals surface area (Å²) in [6, 6.07) is 22.4. The Labute approximate surface area is 164 Å². The van der Waals surface area contributed by atoms with E-state index in [1.807, 2.05) is 47.4 Å². The number of para-hydroxylation sites is 1. The van der Waals surface area contributed by atoms with Crippen LogP contribution in [-0.4, -0.2) is 17.6 Å². The first-order valence-electron chi connectivity index (χ1n) is 9.08. The maximum Gasteiger partial charge on any atom is 0.250 e. The number of benzene rings is 3. The smallest absolute Gasteiger partial charge is 0.250 e. The summed E-state index contributed by atoms with van der Waals surface area (Å²) in [7, 11) is 0. The normalized spacial score (nSPS) is 13.6. The van der Waals surface area contributed by atoms with Crippen LogP contribution in [0.1, 0.15) is 17.5 Å². The zero-order valence-corrected chi connectivity index (χ0v) is 15.7. The van der Waals surface area contributed by atoms with Crippen molar-refractivity contribution in [2.45, 2.75) is 12.8 Å². The van der Waals surface area contributed by atoms with E-state index in [4.69, 9.17) is 12.2 Å². The van der Waals surface area contributed by atoms with Crippen LogP contribution in [0, 0.1) is 0 Å². The summed E-state index contributed by atoms with van der Waals surface area (Å²) >= 11 is 5.49. The minimum absolute atomic E-state index is 0.212. The highest BCUT2D eigenvalue weighted by atomic mass is 32.1. The number of carbonyl (C=O) groups excluding carboxylic acids is 1. The van der Waals surface area contributed by atoms with Crippen LogP contribution in [0.15, 0.2) is 72.8 Å². The number of aryl methyl sites for hydroxylation is 1. The first kappa shape index (κ1) is 17.4. The van der Waals surface area contributed by atoms with E-state index >= 15 is 0 Å². The molecule has 3 aromatic carbocycles. The Bertz CT molecular complexity index is 1040. The van der Waals surface area contributed by atoms with Gasteiger partial charge in [-0.1, -0.05) is 60.7 Å². The molecule has 4 rings (SSSR count). The van der Waals surface area contributed by atoms with Crippen LogP contribution in [0.5, 0.6) is 0 Å². The molecule has 0 bridgehead atoms. The molecule has 27 heavy (non-hydrogen) atoms. The van der Waals surface area contributed by atoms with Gasteiger partial charge in [-0.15, -0.1) is 0 Å². The molecule has 0 atom stereocenters. The summed E-state index contributed by atoms with van der Waals surface area (Å²) in [6.07, 6.45) is 5.46. The highest BCUT2D eigenvalue weighted by Crippen LogP contribution is 2.26. The van der Waals surface area contributed by atoms with Gasteiger partial charge in [0.1, 0.15) is 0 Å². The van der Waals surface area contributed by atoms with E-state index in [0.717, 1.165) is 41.4 Å². The van der Waals surface area contributed by atoms with Crippen LogP contribution in [0.2, 0.25) is 0 Å². The third-order valence-corrected chi connectivity index (χ3v) is 5.15. The van der Waals surface area contributed by atoms with Gasteiger partial charge in [0.2, 0.25) is 5.91 Å². The lowest BCUT2D eigenvalue weighted by atomic mass is 10.0. The molecule has 0 radical (unpaired) electrons. The molecule has 0 aromatic heterocycles. The number of rotatable bonds is 2. The average molecular weight is 372 g/mol. The van der Waals surface area contributed by atoms with Crippen molar-refractivity contribution in [1.29, 1.82) is 0 Å². The summed E-state index contributed by atoms with van der Waals surface area (Å²) < 4.78 is 0. The molecule has 0 saturated carbocycles. The van der Waals surface area contributed by atoms with Crippen molar-refractivity contribution in [2.75, 3.05) is 11.4 Å². The average Bonchev–Trinajstić information content (AvgIpc) is 2.71. The summed E-state index contributed by atoms with van der Waals surface area (Å²) in [5.41, 5.74) is 3.37. The molecule has 3 nitrogen and oxygen atoms in total. The monoisotopic (exact) mass is 372 g/mol. The van der Waals surface area contributed by atoms with Crippen LogP contribution >= 0.6 is 12.2 Å². The van der Waals surface area contributed by atoms with Gasteiger partial charge in [-0.2, -0.15) is 0 Å². The maximum atomic E-state index is 12.4. The Hall–Kier alpha value is -2.98. The topological polar surface area (TPSA) is 32.3 Å². The predicted molar refractivity (Wildman–Crippen MR) is 116 cm³/mol. The van der Waals surface area contributed by atoms with Gasteiger partial charge in [-0.3, -0.25) is 10.1 Å². The Balaban J connectivity index is 1.48. The highest BCUT2D eigenvalue weighted by molar-refractivity contribution is 7.80. The lowest BCUT2D eigenvalue weighted by Crippen LogP contribution is -2.44. The van der Waals surface area contributed by atoms with E-state index in [-0.39, 0.29) is 5.91 Å². The summed E-state index contributed by atoms with van der Waals surface area (Å²) in [5.74, 6) is -0.212. The Morgan fingerprint density at radius 1 is 1.00 bits per heavy atom. The van der Waals surface area contributed by atoms with Crippen molar-refractivity contribution in [3.8, 4) is 0 Å². The van der Waals surface area contributed by atoms with Gasteiger partial charge in [0.25, 0.3) is 0 Å². The number of anilines is 1. The number of amides is 1. The molecule has 134 valence electrons. The highest BCUT2D eigenvalue weighted by Gasteiger charge is 2.20. The van der Waals surface area contributed by atoms with Gasteiger partial charge in [-0.25, -0.2) is 0 Å². The third-order valence-electron chi connectivity index (χ3n) is 4.82. The van der Waals surface area contributed by atoms with Crippen molar-refractivity contribution in [3.63, 3.8) is 0 Å². The Kier molecular flexibility index (Phi) is 4.99. The second-order valence-corrected chi connectivity index (χ2v) is 6.97. The van der Waals surface area contributed by atoms with Gasteiger partial charge in [0, 0.05) is 18.3 Å². The fourth-order valence-corrected chi connectivity index (χ4v) is 3.81. The lowest BCUT2D eigenvalue weighted by Gasteiger charge is -2.31. The molecule has 0 saturated heterocycles. The van der Waals surface area contributed by atoms with Gasteiger partial charge < -0.3 is 4.90 Å². The van der Waals surface area contributed by atoms with Gasteiger partial charge in [0.15, 0.2) is 5.11 Å². The maximum absolute atomic E-state index is 12.4. The minimum Gasteiger partial charge on any atom is -0.318 e. The molecule has 0 fully saturated rings. The third kappa shape index (κ3) is 3.76. The van der Waals surface area contributed by atoms with Crippen molar-refractivity contribution in [1.82, 2.24) is 5.32 Å². The summed E-state index contributed by atoms with van der Waals surface area (Å²) in [4.78, 5) is 14.4. The fourth-order valence-electron chi connectivity index (χ4n) is 3.52. The molecular formula is C23H20N2OS. The number of hydrogen-bond acceptors (Lipinski definition) is 2. The molecule has 1 aliphatic heterocycles. The van der Waals surface area contributed by atoms with Crippen molar-refractivity contribution >= 4 is 45.8 Å². The minimum atomic E-state index is -0.212. The molecule has 4 heteroatoms. The molecule has 1 aliphatic rings. The van der Waals surface area contributed by atoms with E-state index in [2.05, 4.69) is 35.6 Å². The first-order valence-corrected chi connectivity index (χ1v) is 9.49. The van der Waals surface area contributed by atoms with Crippen molar-refractivity contribution < 1.29 is 4.79 Å². The molecule has 1 amide bonds. The van der Waals surface area contributed by atoms with Crippen molar-refractivity contribution in [3.05, 3.63) is 83.9 Å². The van der Waals surface area contributed by atoms with E-state index in [0.29, 0.717) is 5.11 Å². The van der Waals surface area contributed by atoms with Gasteiger partial charge >= 0.3 is 0 Å². The molecule has 0 aliphatic carbocycles. The number of fused-ring (bicyclic) bond motifs is 2. The van der Waals surface area contributed by atoms with Crippen LogP contribution in [0.4, 0.5) is 5.69 Å². The molecule has 1 heterocycles. The largest absolute Gasteiger partial charge is 0.318 e. The van der Waals surface area contributed by atoms with Crippen molar-refractivity contribution in [2.24, 2.45) is 0 Å².